The predicted octanol–water partition coefficient (Wildman–Crippen LogP) is 2.61. The molecule has 0 bridgehead atoms. The van der Waals surface area contributed by atoms with E-state index in [4.69, 9.17) is 5.73 Å². The maximum Gasteiger partial charge on any atom is 0.319 e. The quantitative estimate of drug-likeness (QED) is 0.801. The molecule has 2 aromatic rings. The summed E-state index contributed by atoms with van der Waals surface area (Å²) in [5, 5.41) is 5.37. The van der Waals surface area contributed by atoms with Crippen LogP contribution in [0.15, 0.2) is 48.5 Å². The van der Waals surface area contributed by atoms with Crippen LogP contribution in [0, 0.1) is 5.82 Å². The highest BCUT2D eigenvalue weighted by Crippen LogP contribution is 2.10. The zero-order valence-corrected chi connectivity index (χ0v) is 10.9. The van der Waals surface area contributed by atoms with E-state index in [1.165, 1.54) is 12.1 Å². The molecule has 2 amide bonds. The molecule has 0 aliphatic rings. The molecule has 0 saturated carbocycles. The van der Waals surface area contributed by atoms with Crippen molar-refractivity contribution in [3.8, 4) is 0 Å². The van der Waals surface area contributed by atoms with Crippen molar-refractivity contribution in [2.75, 3.05) is 5.32 Å². The third kappa shape index (κ3) is 4.07. The van der Waals surface area contributed by atoms with Crippen LogP contribution in [0.2, 0.25) is 0 Å². The third-order valence-corrected chi connectivity index (χ3v) is 2.76. The normalized spacial score (nSPS) is 10.1. The molecule has 4 N–H and O–H groups in total. The first-order chi connectivity index (χ1) is 9.67. The number of anilines is 1. The summed E-state index contributed by atoms with van der Waals surface area (Å²) < 4.78 is 13.0. The largest absolute Gasteiger partial charge is 0.334 e. The van der Waals surface area contributed by atoms with Gasteiger partial charge in [0.25, 0.3) is 0 Å². The number of amides is 2. The molecule has 0 radical (unpaired) electrons. The number of rotatable bonds is 4. The highest BCUT2D eigenvalue weighted by molar-refractivity contribution is 5.89. The van der Waals surface area contributed by atoms with Crippen LogP contribution in [0.5, 0.6) is 0 Å². The lowest BCUT2D eigenvalue weighted by Crippen LogP contribution is -2.28. The summed E-state index contributed by atoms with van der Waals surface area (Å²) in [5.74, 6) is -0.319. The molecule has 0 atom stereocenters. The molecule has 0 saturated heterocycles. The molecule has 20 heavy (non-hydrogen) atoms. The van der Waals surface area contributed by atoms with Gasteiger partial charge < -0.3 is 16.4 Å². The van der Waals surface area contributed by atoms with Crippen molar-refractivity contribution in [2.45, 2.75) is 13.1 Å². The lowest BCUT2D eigenvalue weighted by molar-refractivity contribution is 0.251. The molecular weight excluding hydrogens is 257 g/mol. The summed E-state index contributed by atoms with van der Waals surface area (Å²) in [4.78, 5) is 11.7. The number of benzene rings is 2. The summed E-state index contributed by atoms with van der Waals surface area (Å²) in [5.41, 5.74) is 7.85. The van der Waals surface area contributed by atoms with Crippen molar-refractivity contribution in [1.82, 2.24) is 5.32 Å². The number of hydrogen-bond acceptors (Lipinski definition) is 2. The Morgan fingerprint density at radius 1 is 1.10 bits per heavy atom. The first kappa shape index (κ1) is 14.0. The van der Waals surface area contributed by atoms with Gasteiger partial charge in [-0.05, 0) is 35.4 Å². The lowest BCUT2D eigenvalue weighted by Gasteiger charge is -2.08. The molecule has 0 aliphatic heterocycles. The molecule has 0 fully saturated rings. The zero-order chi connectivity index (χ0) is 14.4. The molecule has 0 aromatic heterocycles. The number of carbonyl (C=O) groups is 1. The molecule has 4 nitrogen and oxygen atoms in total. The average Bonchev–Trinajstić information content (AvgIpc) is 2.45. The smallest absolute Gasteiger partial charge is 0.319 e. The van der Waals surface area contributed by atoms with Crippen LogP contribution in [-0.2, 0) is 13.1 Å². The molecule has 0 aliphatic carbocycles. The third-order valence-electron chi connectivity index (χ3n) is 2.76. The number of nitrogens with one attached hydrogen (secondary N) is 2. The van der Waals surface area contributed by atoms with Crippen molar-refractivity contribution >= 4 is 11.7 Å². The number of nitrogens with two attached hydrogens (primary N) is 1. The first-order valence-electron chi connectivity index (χ1n) is 6.25. The Morgan fingerprint density at radius 3 is 2.60 bits per heavy atom. The molecule has 0 unspecified atom stereocenters. The highest BCUT2D eigenvalue weighted by Gasteiger charge is 2.02. The summed E-state index contributed by atoms with van der Waals surface area (Å²) in [6.07, 6.45) is 0. The second-order valence-electron chi connectivity index (χ2n) is 4.34. The summed E-state index contributed by atoms with van der Waals surface area (Å²) in [6, 6.07) is 13.1. The Kier molecular flexibility index (Phi) is 4.68. The van der Waals surface area contributed by atoms with E-state index < -0.39 is 0 Å². The minimum Gasteiger partial charge on any atom is -0.334 e. The van der Waals surface area contributed by atoms with Gasteiger partial charge in [0, 0.05) is 18.8 Å². The average molecular weight is 273 g/mol. The summed E-state index contributed by atoms with van der Waals surface area (Å²) in [6.45, 7) is 0.681. The van der Waals surface area contributed by atoms with E-state index in [1.54, 1.807) is 18.2 Å². The van der Waals surface area contributed by atoms with Gasteiger partial charge in [-0.2, -0.15) is 0 Å². The minimum atomic E-state index is -0.344. The fourth-order valence-electron chi connectivity index (χ4n) is 1.78. The Hall–Kier alpha value is -2.40. The monoisotopic (exact) mass is 273 g/mol. The van der Waals surface area contributed by atoms with E-state index >= 15 is 0 Å². The molecule has 104 valence electrons. The van der Waals surface area contributed by atoms with E-state index in [-0.39, 0.29) is 18.4 Å². The molecule has 5 heteroatoms. The van der Waals surface area contributed by atoms with Crippen LogP contribution in [0.4, 0.5) is 14.9 Å². The number of carbonyl (C=O) groups excluding carboxylic acids is 1. The maximum absolute atomic E-state index is 13.0. The van der Waals surface area contributed by atoms with Gasteiger partial charge in [-0.25, -0.2) is 9.18 Å². The molecule has 2 aromatic carbocycles. The highest BCUT2D eigenvalue weighted by atomic mass is 19.1. The fourth-order valence-corrected chi connectivity index (χ4v) is 1.78. The Morgan fingerprint density at radius 2 is 1.85 bits per heavy atom. The molecular formula is C15H16FN3O. The van der Waals surface area contributed by atoms with Crippen molar-refractivity contribution in [1.29, 1.82) is 0 Å². The second kappa shape index (κ2) is 6.68. The Balaban J connectivity index is 1.89. The maximum atomic E-state index is 13.0. The van der Waals surface area contributed by atoms with Crippen LogP contribution >= 0.6 is 0 Å². The SMILES string of the molecule is NCc1cccc(NC(=O)NCc2cccc(F)c2)c1. The van der Waals surface area contributed by atoms with E-state index in [1.807, 2.05) is 18.2 Å². The van der Waals surface area contributed by atoms with E-state index in [2.05, 4.69) is 10.6 Å². The van der Waals surface area contributed by atoms with Gasteiger partial charge >= 0.3 is 6.03 Å². The lowest BCUT2D eigenvalue weighted by atomic mass is 10.2. The van der Waals surface area contributed by atoms with Crippen molar-refractivity contribution in [3.05, 3.63) is 65.5 Å². The van der Waals surface area contributed by atoms with Gasteiger partial charge in [0.2, 0.25) is 0 Å². The summed E-state index contributed by atoms with van der Waals surface area (Å²) in [7, 11) is 0. The zero-order valence-electron chi connectivity index (χ0n) is 10.9. The number of halogens is 1. The standard InChI is InChI=1S/C15H16FN3O/c16-13-5-1-4-12(7-13)10-18-15(20)19-14-6-2-3-11(8-14)9-17/h1-8H,9-10,17H2,(H2,18,19,20). The Bertz CT molecular complexity index is 601. The van der Waals surface area contributed by atoms with Gasteiger partial charge in [0.1, 0.15) is 5.82 Å². The van der Waals surface area contributed by atoms with Crippen LogP contribution < -0.4 is 16.4 Å². The van der Waals surface area contributed by atoms with Gasteiger partial charge in [-0.1, -0.05) is 24.3 Å². The van der Waals surface area contributed by atoms with Crippen LogP contribution in [0.1, 0.15) is 11.1 Å². The van der Waals surface area contributed by atoms with E-state index in [0.717, 1.165) is 5.56 Å². The second-order valence-corrected chi connectivity index (χ2v) is 4.34. The predicted molar refractivity (Wildman–Crippen MR) is 76.6 cm³/mol. The van der Waals surface area contributed by atoms with E-state index in [9.17, 15) is 9.18 Å². The summed E-state index contributed by atoms with van der Waals surface area (Å²) >= 11 is 0. The van der Waals surface area contributed by atoms with Crippen LogP contribution in [-0.4, -0.2) is 6.03 Å². The van der Waals surface area contributed by atoms with Crippen molar-refractivity contribution in [3.63, 3.8) is 0 Å². The molecule has 0 spiro atoms. The molecule has 2 rings (SSSR count). The molecule has 0 heterocycles. The van der Waals surface area contributed by atoms with Crippen LogP contribution in [0.3, 0.4) is 0 Å². The van der Waals surface area contributed by atoms with Crippen molar-refractivity contribution in [2.24, 2.45) is 5.73 Å². The van der Waals surface area contributed by atoms with E-state index in [0.29, 0.717) is 17.8 Å². The number of hydrogen-bond donors (Lipinski definition) is 3. The number of urea groups is 1. The van der Waals surface area contributed by atoms with Crippen molar-refractivity contribution < 1.29 is 9.18 Å². The van der Waals surface area contributed by atoms with Gasteiger partial charge in [-0.15, -0.1) is 0 Å². The van der Waals surface area contributed by atoms with Gasteiger partial charge in [0.15, 0.2) is 0 Å². The fraction of sp³-hybridized carbons (Fsp3) is 0.133. The minimum absolute atomic E-state index is 0.264. The van der Waals surface area contributed by atoms with Gasteiger partial charge in [-0.3, -0.25) is 0 Å². The van der Waals surface area contributed by atoms with Gasteiger partial charge in [0.05, 0.1) is 0 Å². The topological polar surface area (TPSA) is 67.1 Å². The first-order valence-corrected chi connectivity index (χ1v) is 6.25. The Labute approximate surface area is 116 Å². The van der Waals surface area contributed by atoms with Crippen LogP contribution in [0.25, 0.3) is 0 Å².